The normalized spacial score (nSPS) is 14.1. The molecule has 0 aliphatic carbocycles. The molecule has 2 unspecified atom stereocenters. The quantitative estimate of drug-likeness (QED) is 0.0222. The predicted molar refractivity (Wildman–Crippen MR) is 377 cm³/mol. The van der Waals surface area contributed by atoms with Crippen molar-refractivity contribution < 1.29 is 80.2 Å². The number of hydrogen-bond acceptors (Lipinski definition) is 15. The molecule has 5 atom stereocenters. The molecule has 0 bridgehead atoms. The van der Waals surface area contributed by atoms with Crippen molar-refractivity contribution in [2.24, 2.45) is 11.8 Å². The summed E-state index contributed by atoms with van der Waals surface area (Å²) in [6.07, 6.45) is 53.0. The third-order valence-electron chi connectivity index (χ3n) is 17.2. The fourth-order valence-corrected chi connectivity index (χ4v) is 12.9. The van der Waals surface area contributed by atoms with Crippen LogP contribution in [0.1, 0.15) is 382 Å². The van der Waals surface area contributed by atoms with Crippen LogP contribution in [0.15, 0.2) is 0 Å². The molecule has 0 radical (unpaired) electrons. The van der Waals surface area contributed by atoms with Gasteiger partial charge in [0, 0.05) is 25.7 Å². The molecular weight excluding hydrogens is 1220 g/mol. The Labute approximate surface area is 568 Å². The van der Waals surface area contributed by atoms with Crippen molar-refractivity contribution in [2.45, 2.75) is 400 Å². The van der Waals surface area contributed by atoms with E-state index in [1.807, 2.05) is 0 Å². The monoisotopic (exact) mass is 1370 g/mol. The molecule has 93 heavy (non-hydrogen) atoms. The molecule has 0 aliphatic heterocycles. The highest BCUT2D eigenvalue weighted by molar-refractivity contribution is 7.47. The van der Waals surface area contributed by atoms with Crippen LogP contribution in [0.5, 0.6) is 0 Å². The lowest BCUT2D eigenvalue weighted by Gasteiger charge is -2.21. The van der Waals surface area contributed by atoms with E-state index in [1.54, 1.807) is 0 Å². The zero-order valence-electron chi connectivity index (χ0n) is 60.6. The number of aliphatic hydroxyl groups is 1. The molecule has 0 rings (SSSR count). The van der Waals surface area contributed by atoms with Crippen molar-refractivity contribution in [1.29, 1.82) is 0 Å². The topological polar surface area (TPSA) is 237 Å². The summed E-state index contributed by atoms with van der Waals surface area (Å²) >= 11 is 0. The summed E-state index contributed by atoms with van der Waals surface area (Å²) in [6.45, 7) is 9.52. The average Bonchev–Trinajstić information content (AvgIpc) is 3.56. The Kier molecular flexibility index (Phi) is 64.6. The summed E-state index contributed by atoms with van der Waals surface area (Å²) in [5.41, 5.74) is 0. The average molecular weight is 1370 g/mol. The number of phosphoric ester groups is 2. The molecule has 0 aliphatic rings. The Hall–Kier alpha value is -1.94. The minimum Gasteiger partial charge on any atom is -0.462 e. The predicted octanol–water partition coefficient (Wildman–Crippen LogP) is 21.6. The molecule has 0 saturated heterocycles. The van der Waals surface area contributed by atoms with Crippen molar-refractivity contribution >= 4 is 39.5 Å². The van der Waals surface area contributed by atoms with E-state index in [-0.39, 0.29) is 25.7 Å². The lowest BCUT2D eigenvalue weighted by Crippen LogP contribution is -2.30. The molecule has 17 nitrogen and oxygen atoms in total. The molecule has 0 aromatic carbocycles. The molecule has 0 heterocycles. The number of rotatable bonds is 73. The second-order valence-electron chi connectivity index (χ2n) is 27.6. The van der Waals surface area contributed by atoms with Crippen LogP contribution >= 0.6 is 15.6 Å². The van der Waals surface area contributed by atoms with Crippen molar-refractivity contribution in [1.82, 2.24) is 0 Å². The van der Waals surface area contributed by atoms with Gasteiger partial charge in [-0.25, -0.2) is 9.13 Å². The third-order valence-corrected chi connectivity index (χ3v) is 19.1. The van der Waals surface area contributed by atoms with Crippen LogP contribution in [0.2, 0.25) is 0 Å². The van der Waals surface area contributed by atoms with E-state index in [9.17, 15) is 43.2 Å². The first-order valence-electron chi connectivity index (χ1n) is 38.5. The number of carbonyl (C=O) groups excluding carboxylic acids is 4. The summed E-state index contributed by atoms with van der Waals surface area (Å²) in [7, 11) is -9.90. The van der Waals surface area contributed by atoms with Crippen LogP contribution in [0.4, 0.5) is 0 Å². The molecule has 0 fully saturated rings. The van der Waals surface area contributed by atoms with E-state index in [0.29, 0.717) is 25.7 Å². The highest BCUT2D eigenvalue weighted by Crippen LogP contribution is 2.45. The minimum absolute atomic E-state index is 0.105. The molecule has 0 spiro atoms. The molecule has 19 heteroatoms. The van der Waals surface area contributed by atoms with Gasteiger partial charge in [-0.05, 0) is 37.5 Å². The van der Waals surface area contributed by atoms with E-state index in [4.69, 9.17) is 37.0 Å². The Morgan fingerprint density at radius 2 is 0.495 bits per heavy atom. The fraction of sp³-hybridized carbons (Fsp3) is 0.946. The maximum Gasteiger partial charge on any atom is 0.472 e. The van der Waals surface area contributed by atoms with E-state index in [0.717, 1.165) is 115 Å². The first kappa shape index (κ1) is 91.1. The standard InChI is InChI=1S/C74H144O17P2/c1-7-9-11-13-15-16-17-18-19-20-21-22-23-24-25-28-34-40-46-52-58-73(78)91-70(63-85-72(77)57-51-45-39-33-29-26-27-31-37-42-48-54-66(3)4)65-89-93(82,83)87-61-68(75)60-86-92(80,81)88-64-69(62-84-71(76)56-50-44-36-14-12-10-8-2)90-74(79)59-53-47-41-35-30-32-38-43-49-55-67(5)6/h66-70,75H,7-65H2,1-6H3,(H,80,81)(H,82,83)/t68-,69+,70+/m0/s1. The molecule has 0 aromatic heterocycles. The van der Waals surface area contributed by atoms with Gasteiger partial charge in [-0.1, -0.05) is 330 Å². The van der Waals surface area contributed by atoms with E-state index in [2.05, 4.69) is 41.5 Å². The zero-order valence-corrected chi connectivity index (χ0v) is 62.3. The number of ether oxygens (including phenoxy) is 4. The van der Waals surface area contributed by atoms with Crippen molar-refractivity contribution in [2.75, 3.05) is 39.6 Å². The SMILES string of the molecule is CCCCCCCCCCCCCCCCCCCCCCC(=O)O[C@H](COC(=O)CCCCCCCCCCCCCC(C)C)COP(=O)(O)OC[C@@H](O)COP(=O)(O)OC[C@@H](COC(=O)CCCCCCCCC)OC(=O)CCCCCCCCCCCC(C)C. The van der Waals surface area contributed by atoms with Gasteiger partial charge >= 0.3 is 39.5 Å². The van der Waals surface area contributed by atoms with Gasteiger partial charge in [-0.15, -0.1) is 0 Å². The number of carbonyl (C=O) groups is 4. The van der Waals surface area contributed by atoms with Crippen LogP contribution in [-0.4, -0.2) is 96.7 Å². The van der Waals surface area contributed by atoms with E-state index in [1.165, 1.54) is 186 Å². The molecule has 552 valence electrons. The smallest absolute Gasteiger partial charge is 0.462 e. The number of aliphatic hydroxyl groups excluding tert-OH is 1. The summed E-state index contributed by atoms with van der Waals surface area (Å²) in [4.78, 5) is 72.6. The van der Waals surface area contributed by atoms with Gasteiger partial charge in [0.2, 0.25) is 0 Å². The molecule has 0 amide bonds. The second kappa shape index (κ2) is 66.0. The lowest BCUT2D eigenvalue weighted by atomic mass is 10.0. The lowest BCUT2D eigenvalue weighted by molar-refractivity contribution is -0.161. The summed E-state index contributed by atoms with van der Waals surface area (Å²) in [5, 5.41) is 10.6. The third kappa shape index (κ3) is 68.4. The first-order valence-corrected chi connectivity index (χ1v) is 41.5. The van der Waals surface area contributed by atoms with Gasteiger partial charge in [0.25, 0.3) is 0 Å². The molecule has 0 aromatic rings. The molecular formula is C74H144O17P2. The number of phosphoric acid groups is 2. The van der Waals surface area contributed by atoms with E-state index >= 15 is 0 Å². The van der Waals surface area contributed by atoms with Crippen molar-refractivity contribution in [3.8, 4) is 0 Å². The Balaban J connectivity index is 5.18. The summed E-state index contributed by atoms with van der Waals surface area (Å²) in [6, 6.07) is 0. The highest BCUT2D eigenvalue weighted by Gasteiger charge is 2.30. The van der Waals surface area contributed by atoms with E-state index < -0.39 is 97.5 Å². The van der Waals surface area contributed by atoms with Gasteiger partial charge < -0.3 is 33.8 Å². The highest BCUT2D eigenvalue weighted by atomic mass is 31.2. The maximum atomic E-state index is 13.1. The number of unbranched alkanes of at least 4 members (excludes halogenated alkanes) is 43. The van der Waals surface area contributed by atoms with Gasteiger partial charge in [-0.2, -0.15) is 0 Å². The van der Waals surface area contributed by atoms with Crippen LogP contribution in [0, 0.1) is 11.8 Å². The molecule has 0 saturated carbocycles. The Morgan fingerprint density at radius 3 is 0.731 bits per heavy atom. The summed E-state index contributed by atoms with van der Waals surface area (Å²) in [5.74, 6) is -0.616. The fourth-order valence-electron chi connectivity index (χ4n) is 11.3. The summed E-state index contributed by atoms with van der Waals surface area (Å²) < 4.78 is 68.3. The number of esters is 4. The van der Waals surface area contributed by atoms with Gasteiger partial charge in [-0.3, -0.25) is 37.3 Å². The second-order valence-corrected chi connectivity index (χ2v) is 30.5. The van der Waals surface area contributed by atoms with Gasteiger partial charge in [0.05, 0.1) is 26.4 Å². The zero-order chi connectivity index (χ0) is 68.6. The first-order chi connectivity index (χ1) is 44.9. The van der Waals surface area contributed by atoms with Crippen LogP contribution < -0.4 is 0 Å². The van der Waals surface area contributed by atoms with Crippen LogP contribution in [-0.2, 0) is 65.4 Å². The van der Waals surface area contributed by atoms with Crippen molar-refractivity contribution in [3.05, 3.63) is 0 Å². The largest absolute Gasteiger partial charge is 0.472 e. The number of hydrogen-bond donors (Lipinski definition) is 3. The molecule has 3 N–H and O–H groups in total. The maximum absolute atomic E-state index is 13.1. The van der Waals surface area contributed by atoms with Crippen LogP contribution in [0.25, 0.3) is 0 Å². The Morgan fingerprint density at radius 1 is 0.290 bits per heavy atom. The Bertz CT molecular complexity index is 1800. The minimum atomic E-state index is -4.95. The van der Waals surface area contributed by atoms with Crippen molar-refractivity contribution in [3.63, 3.8) is 0 Å². The van der Waals surface area contributed by atoms with Crippen LogP contribution in [0.3, 0.4) is 0 Å². The van der Waals surface area contributed by atoms with Gasteiger partial charge in [0.15, 0.2) is 12.2 Å². The van der Waals surface area contributed by atoms with Gasteiger partial charge in [0.1, 0.15) is 19.3 Å².